The Balaban J connectivity index is 1.27. The van der Waals surface area contributed by atoms with Crippen molar-refractivity contribution in [2.75, 3.05) is 19.6 Å². The number of rotatable bonds is 4. The summed E-state index contributed by atoms with van der Waals surface area (Å²) in [6, 6.07) is 8.28. The van der Waals surface area contributed by atoms with Gasteiger partial charge < -0.3 is 9.42 Å². The average molecular weight is 326 g/mol. The molecule has 0 atom stereocenters. The minimum Gasteiger partial charge on any atom is -0.356 e. The fraction of sp³-hybridized carbons (Fsp3) is 0.667. The van der Waals surface area contributed by atoms with Crippen LogP contribution >= 0.6 is 0 Å². The molecule has 0 unspecified atom stereocenters. The number of para-hydroxylation sites is 1. The molecule has 130 valence electrons. The van der Waals surface area contributed by atoms with Crippen molar-refractivity contribution in [1.29, 1.82) is 0 Å². The molecule has 1 saturated carbocycles. The Labute approximate surface area is 145 Å². The van der Waals surface area contributed by atoms with Crippen LogP contribution in [0.5, 0.6) is 0 Å². The SMILES string of the molecule is CC1CCC(CCN2CCC(c3noc4ccccc34)CC2)CC1. The van der Waals surface area contributed by atoms with Gasteiger partial charge in [-0.3, -0.25) is 0 Å². The molecular weight excluding hydrogens is 296 g/mol. The molecule has 4 rings (SSSR count). The highest BCUT2D eigenvalue weighted by Crippen LogP contribution is 2.34. The Kier molecular flexibility index (Phi) is 4.88. The maximum absolute atomic E-state index is 5.50. The quantitative estimate of drug-likeness (QED) is 0.771. The maximum atomic E-state index is 5.50. The topological polar surface area (TPSA) is 29.3 Å². The number of aromatic nitrogens is 1. The van der Waals surface area contributed by atoms with E-state index in [0.717, 1.165) is 17.4 Å². The zero-order valence-electron chi connectivity index (χ0n) is 14.9. The van der Waals surface area contributed by atoms with Gasteiger partial charge in [-0.2, -0.15) is 0 Å². The molecule has 1 aromatic heterocycles. The predicted molar refractivity (Wildman–Crippen MR) is 98.2 cm³/mol. The van der Waals surface area contributed by atoms with E-state index in [4.69, 9.17) is 4.52 Å². The highest BCUT2D eigenvalue weighted by molar-refractivity contribution is 5.79. The molecule has 1 aliphatic heterocycles. The lowest BCUT2D eigenvalue weighted by molar-refractivity contribution is 0.180. The smallest absolute Gasteiger partial charge is 0.167 e. The summed E-state index contributed by atoms with van der Waals surface area (Å²) in [5.41, 5.74) is 2.12. The van der Waals surface area contributed by atoms with Crippen LogP contribution < -0.4 is 0 Å². The molecule has 0 spiro atoms. The zero-order chi connectivity index (χ0) is 16.4. The molecule has 2 fully saturated rings. The van der Waals surface area contributed by atoms with Gasteiger partial charge in [0.05, 0.1) is 5.69 Å². The lowest BCUT2D eigenvalue weighted by Gasteiger charge is -2.33. The third kappa shape index (κ3) is 3.51. The summed E-state index contributed by atoms with van der Waals surface area (Å²) in [4.78, 5) is 2.68. The molecular formula is C21H30N2O. The van der Waals surface area contributed by atoms with E-state index in [-0.39, 0.29) is 0 Å². The van der Waals surface area contributed by atoms with Crippen molar-refractivity contribution in [2.24, 2.45) is 11.8 Å². The van der Waals surface area contributed by atoms with Gasteiger partial charge >= 0.3 is 0 Å². The largest absolute Gasteiger partial charge is 0.356 e. The summed E-state index contributed by atoms with van der Waals surface area (Å²) < 4.78 is 5.50. The van der Waals surface area contributed by atoms with E-state index < -0.39 is 0 Å². The van der Waals surface area contributed by atoms with Crippen molar-refractivity contribution >= 4 is 11.0 Å². The van der Waals surface area contributed by atoms with Gasteiger partial charge in [-0.15, -0.1) is 0 Å². The Morgan fingerprint density at radius 3 is 2.58 bits per heavy atom. The van der Waals surface area contributed by atoms with Crippen LogP contribution in [-0.4, -0.2) is 29.7 Å². The fourth-order valence-corrected chi connectivity index (χ4v) is 4.61. The standard InChI is InChI=1S/C21H30N2O/c1-16-6-8-17(9-7-16)10-13-23-14-11-18(12-15-23)21-19-4-2-3-5-20(19)24-22-21/h2-5,16-18H,6-15H2,1H3. The number of piperidine rings is 1. The zero-order valence-corrected chi connectivity index (χ0v) is 14.9. The van der Waals surface area contributed by atoms with Crippen molar-refractivity contribution in [3.63, 3.8) is 0 Å². The van der Waals surface area contributed by atoms with E-state index in [1.165, 1.54) is 75.7 Å². The molecule has 2 aliphatic rings. The normalized spacial score (nSPS) is 26.9. The van der Waals surface area contributed by atoms with E-state index in [9.17, 15) is 0 Å². The third-order valence-electron chi connectivity index (χ3n) is 6.37. The molecule has 3 heteroatoms. The van der Waals surface area contributed by atoms with Gasteiger partial charge in [0.2, 0.25) is 0 Å². The lowest BCUT2D eigenvalue weighted by Crippen LogP contribution is -2.34. The van der Waals surface area contributed by atoms with Crippen LogP contribution in [0.25, 0.3) is 11.0 Å². The molecule has 3 nitrogen and oxygen atoms in total. The van der Waals surface area contributed by atoms with E-state index in [1.807, 2.05) is 12.1 Å². The van der Waals surface area contributed by atoms with Gasteiger partial charge in [0.25, 0.3) is 0 Å². The molecule has 0 amide bonds. The monoisotopic (exact) mass is 326 g/mol. The first-order chi connectivity index (χ1) is 11.8. The first-order valence-electron chi connectivity index (χ1n) is 9.86. The first kappa shape index (κ1) is 16.1. The molecule has 1 saturated heterocycles. The summed E-state index contributed by atoms with van der Waals surface area (Å²) in [6.45, 7) is 6.14. The van der Waals surface area contributed by atoms with Gasteiger partial charge in [0.15, 0.2) is 5.58 Å². The molecule has 24 heavy (non-hydrogen) atoms. The van der Waals surface area contributed by atoms with E-state index >= 15 is 0 Å². The van der Waals surface area contributed by atoms with Crippen LogP contribution in [0.2, 0.25) is 0 Å². The first-order valence-corrected chi connectivity index (χ1v) is 9.86. The van der Waals surface area contributed by atoms with Gasteiger partial charge in [0, 0.05) is 11.3 Å². The summed E-state index contributed by atoms with van der Waals surface area (Å²) in [5, 5.41) is 5.59. The fourth-order valence-electron chi connectivity index (χ4n) is 4.61. The lowest BCUT2D eigenvalue weighted by atomic mass is 9.81. The van der Waals surface area contributed by atoms with Crippen LogP contribution in [-0.2, 0) is 0 Å². The number of likely N-dealkylation sites (tertiary alicyclic amines) is 1. The summed E-state index contributed by atoms with van der Waals surface area (Å²) in [6.07, 6.45) is 9.67. The third-order valence-corrected chi connectivity index (χ3v) is 6.37. The number of fused-ring (bicyclic) bond motifs is 1. The van der Waals surface area contributed by atoms with Gasteiger partial charge in [-0.05, 0) is 62.9 Å². The summed E-state index contributed by atoms with van der Waals surface area (Å²) in [7, 11) is 0. The van der Waals surface area contributed by atoms with Crippen molar-refractivity contribution < 1.29 is 4.52 Å². The summed E-state index contributed by atoms with van der Waals surface area (Å²) >= 11 is 0. The van der Waals surface area contributed by atoms with Crippen LogP contribution in [0.15, 0.2) is 28.8 Å². The van der Waals surface area contributed by atoms with Crippen LogP contribution in [0.4, 0.5) is 0 Å². The molecule has 0 N–H and O–H groups in total. The summed E-state index contributed by atoms with van der Waals surface area (Å²) in [5.74, 6) is 2.52. The van der Waals surface area contributed by atoms with Crippen LogP contribution in [0.1, 0.15) is 63.5 Å². The number of benzene rings is 1. The van der Waals surface area contributed by atoms with Gasteiger partial charge in [-0.25, -0.2) is 0 Å². The van der Waals surface area contributed by atoms with E-state index in [1.54, 1.807) is 0 Å². The minimum atomic E-state index is 0.570. The maximum Gasteiger partial charge on any atom is 0.167 e. The van der Waals surface area contributed by atoms with Crippen molar-refractivity contribution in [2.45, 2.75) is 57.8 Å². The van der Waals surface area contributed by atoms with Crippen LogP contribution in [0, 0.1) is 11.8 Å². The molecule has 0 bridgehead atoms. The number of hydrogen-bond acceptors (Lipinski definition) is 3. The minimum absolute atomic E-state index is 0.570. The van der Waals surface area contributed by atoms with Crippen molar-refractivity contribution in [3.8, 4) is 0 Å². The van der Waals surface area contributed by atoms with Gasteiger partial charge in [0.1, 0.15) is 0 Å². The highest BCUT2D eigenvalue weighted by Gasteiger charge is 2.25. The molecule has 2 aromatic rings. The molecule has 2 heterocycles. The predicted octanol–water partition coefficient (Wildman–Crippen LogP) is 5.22. The second-order valence-electron chi connectivity index (χ2n) is 8.09. The molecule has 0 radical (unpaired) electrons. The Hall–Kier alpha value is -1.35. The average Bonchev–Trinajstić information content (AvgIpc) is 3.06. The van der Waals surface area contributed by atoms with Gasteiger partial charge in [-0.1, -0.05) is 49.9 Å². The van der Waals surface area contributed by atoms with E-state index in [2.05, 4.69) is 29.1 Å². The highest BCUT2D eigenvalue weighted by atomic mass is 16.5. The Bertz CT molecular complexity index is 649. The second-order valence-corrected chi connectivity index (χ2v) is 8.09. The molecule has 1 aromatic carbocycles. The number of nitrogens with zero attached hydrogens (tertiary/aromatic N) is 2. The van der Waals surface area contributed by atoms with E-state index in [0.29, 0.717) is 5.92 Å². The van der Waals surface area contributed by atoms with Crippen LogP contribution in [0.3, 0.4) is 0 Å². The second kappa shape index (κ2) is 7.26. The molecule has 1 aliphatic carbocycles. The number of hydrogen-bond donors (Lipinski definition) is 0. The van der Waals surface area contributed by atoms with Crippen molar-refractivity contribution in [1.82, 2.24) is 10.1 Å². The Morgan fingerprint density at radius 1 is 1.04 bits per heavy atom. The van der Waals surface area contributed by atoms with Crippen molar-refractivity contribution in [3.05, 3.63) is 30.0 Å². The Morgan fingerprint density at radius 2 is 1.79 bits per heavy atom.